The molecular weight excluding hydrogens is 323 g/mol. The van der Waals surface area contributed by atoms with Crippen LogP contribution >= 0.6 is 0 Å². The summed E-state index contributed by atoms with van der Waals surface area (Å²) < 4.78 is 13.7. The van der Waals surface area contributed by atoms with Crippen LogP contribution in [-0.4, -0.2) is 60.5 Å². The molecule has 136 valence electrons. The zero-order valence-electron chi connectivity index (χ0n) is 14.5. The van der Waals surface area contributed by atoms with Crippen molar-refractivity contribution >= 4 is 17.6 Å². The molecule has 6 nitrogen and oxygen atoms in total. The van der Waals surface area contributed by atoms with Gasteiger partial charge in [0, 0.05) is 38.8 Å². The Hall–Kier alpha value is -2.15. The van der Waals surface area contributed by atoms with Gasteiger partial charge in [-0.1, -0.05) is 12.1 Å². The van der Waals surface area contributed by atoms with Gasteiger partial charge in [-0.3, -0.25) is 4.79 Å². The number of hydrogen-bond acceptors (Lipinski definition) is 3. The third-order valence-electron chi connectivity index (χ3n) is 4.96. The van der Waals surface area contributed by atoms with E-state index < -0.39 is 5.82 Å². The van der Waals surface area contributed by atoms with Gasteiger partial charge in [-0.2, -0.15) is 0 Å². The van der Waals surface area contributed by atoms with Crippen molar-refractivity contribution in [2.75, 3.05) is 38.0 Å². The molecule has 0 aromatic heterocycles. The molecule has 0 bridgehead atoms. The Labute approximate surface area is 147 Å². The maximum atomic E-state index is 13.7. The van der Waals surface area contributed by atoms with Gasteiger partial charge in [0.15, 0.2) is 0 Å². The molecule has 2 saturated heterocycles. The second-order valence-electron chi connectivity index (χ2n) is 6.78. The molecule has 0 saturated carbocycles. The van der Waals surface area contributed by atoms with Crippen LogP contribution in [0.2, 0.25) is 0 Å². The highest BCUT2D eigenvalue weighted by molar-refractivity contribution is 5.90. The monoisotopic (exact) mass is 348 g/mol. The molecule has 2 fully saturated rings. The van der Waals surface area contributed by atoms with Crippen LogP contribution < -0.4 is 10.6 Å². The molecule has 3 amide bonds. The van der Waals surface area contributed by atoms with Crippen LogP contribution in [0, 0.1) is 11.7 Å². The molecule has 2 aliphatic heterocycles. The van der Waals surface area contributed by atoms with Crippen LogP contribution in [0.5, 0.6) is 0 Å². The lowest BCUT2D eigenvalue weighted by atomic mass is 9.95. The van der Waals surface area contributed by atoms with Crippen LogP contribution in [0.15, 0.2) is 24.3 Å². The van der Waals surface area contributed by atoms with Gasteiger partial charge in [0.25, 0.3) is 0 Å². The number of piperazine rings is 1. The zero-order chi connectivity index (χ0) is 17.8. The lowest BCUT2D eigenvalue weighted by molar-refractivity contribution is -0.139. The van der Waals surface area contributed by atoms with Crippen LogP contribution in [0.3, 0.4) is 0 Å². The molecule has 2 heterocycles. The van der Waals surface area contributed by atoms with Gasteiger partial charge in [-0.15, -0.1) is 0 Å². The maximum absolute atomic E-state index is 13.7. The predicted molar refractivity (Wildman–Crippen MR) is 93.8 cm³/mol. The number of urea groups is 1. The summed E-state index contributed by atoms with van der Waals surface area (Å²) in [4.78, 5) is 28.8. The zero-order valence-corrected chi connectivity index (χ0v) is 14.5. The number of benzene rings is 1. The van der Waals surface area contributed by atoms with Crippen molar-refractivity contribution in [2.24, 2.45) is 5.92 Å². The number of nitrogens with one attached hydrogen (secondary N) is 2. The Balaban J connectivity index is 1.61. The third kappa shape index (κ3) is 4.10. The number of nitrogens with zero attached hydrogens (tertiary/aromatic N) is 2. The van der Waals surface area contributed by atoms with Crippen molar-refractivity contribution in [3.8, 4) is 0 Å². The average Bonchev–Trinajstić information content (AvgIpc) is 2.63. The lowest BCUT2D eigenvalue weighted by Gasteiger charge is -2.39. The van der Waals surface area contributed by atoms with E-state index in [1.807, 2.05) is 11.8 Å². The van der Waals surface area contributed by atoms with E-state index in [1.165, 1.54) is 12.1 Å². The maximum Gasteiger partial charge on any atom is 0.321 e. The minimum absolute atomic E-state index is 0.123. The normalized spacial score (nSPS) is 24.1. The third-order valence-corrected chi connectivity index (χ3v) is 4.96. The van der Waals surface area contributed by atoms with Gasteiger partial charge < -0.3 is 20.4 Å². The SMILES string of the molecule is C[C@H]1CNCCN1C(=O)C1CCCN(C(=O)Nc2ccccc2F)C1. The first kappa shape index (κ1) is 17.7. The number of halogens is 1. The van der Waals surface area contributed by atoms with Crippen molar-refractivity contribution in [1.82, 2.24) is 15.1 Å². The highest BCUT2D eigenvalue weighted by Crippen LogP contribution is 2.22. The van der Waals surface area contributed by atoms with Gasteiger partial charge in [-0.25, -0.2) is 9.18 Å². The van der Waals surface area contributed by atoms with Crippen molar-refractivity contribution in [3.63, 3.8) is 0 Å². The summed E-state index contributed by atoms with van der Waals surface area (Å²) in [6.45, 7) is 5.32. The largest absolute Gasteiger partial charge is 0.337 e. The quantitative estimate of drug-likeness (QED) is 0.858. The number of rotatable bonds is 2. The Morgan fingerprint density at radius 3 is 2.84 bits per heavy atom. The smallest absolute Gasteiger partial charge is 0.321 e. The first-order valence-electron chi connectivity index (χ1n) is 8.88. The van der Waals surface area contributed by atoms with E-state index in [9.17, 15) is 14.0 Å². The Morgan fingerprint density at radius 1 is 1.28 bits per heavy atom. The van der Waals surface area contributed by atoms with Gasteiger partial charge in [0.05, 0.1) is 11.6 Å². The van der Waals surface area contributed by atoms with Gasteiger partial charge in [0.1, 0.15) is 5.82 Å². The molecule has 7 heteroatoms. The lowest BCUT2D eigenvalue weighted by Crippen LogP contribution is -2.56. The molecular formula is C18H25FN4O2. The molecule has 0 aliphatic carbocycles. The Morgan fingerprint density at radius 2 is 2.08 bits per heavy atom. The van der Waals surface area contributed by atoms with E-state index in [0.717, 1.165) is 25.9 Å². The first-order valence-corrected chi connectivity index (χ1v) is 8.88. The average molecular weight is 348 g/mol. The summed E-state index contributed by atoms with van der Waals surface area (Å²) in [6.07, 6.45) is 1.57. The van der Waals surface area contributed by atoms with Crippen molar-refractivity contribution in [3.05, 3.63) is 30.1 Å². The first-order chi connectivity index (χ1) is 12.1. The standard InChI is InChI=1S/C18H25FN4O2/c1-13-11-20-8-10-23(13)17(24)14-5-4-9-22(12-14)18(25)21-16-7-3-2-6-15(16)19/h2-3,6-7,13-14,20H,4-5,8-12H2,1H3,(H,21,25)/t13-,14?/m0/s1. The minimum Gasteiger partial charge on any atom is -0.337 e. The van der Waals surface area contributed by atoms with E-state index in [-0.39, 0.29) is 29.6 Å². The molecule has 3 rings (SSSR count). The topological polar surface area (TPSA) is 64.7 Å². The molecule has 1 unspecified atom stereocenters. The number of para-hydroxylation sites is 1. The summed E-state index contributed by atoms with van der Waals surface area (Å²) >= 11 is 0. The fourth-order valence-corrected chi connectivity index (χ4v) is 3.52. The van der Waals surface area contributed by atoms with Crippen LogP contribution in [0.25, 0.3) is 0 Å². The van der Waals surface area contributed by atoms with E-state index in [0.29, 0.717) is 19.6 Å². The summed E-state index contributed by atoms with van der Waals surface area (Å²) in [5.74, 6) is -0.520. The summed E-state index contributed by atoms with van der Waals surface area (Å²) in [5, 5.41) is 5.88. The number of amides is 3. The highest BCUT2D eigenvalue weighted by Gasteiger charge is 2.33. The summed E-state index contributed by atoms with van der Waals surface area (Å²) in [5.41, 5.74) is 0.164. The van der Waals surface area contributed by atoms with Crippen LogP contribution in [0.1, 0.15) is 19.8 Å². The number of carbonyl (C=O) groups excluding carboxylic acids is 2. The summed E-state index contributed by atoms with van der Waals surface area (Å²) in [6, 6.07) is 5.91. The molecule has 1 aromatic carbocycles. The molecule has 0 spiro atoms. The molecule has 2 N–H and O–H groups in total. The minimum atomic E-state index is -0.463. The molecule has 1 aromatic rings. The molecule has 2 atom stereocenters. The highest BCUT2D eigenvalue weighted by atomic mass is 19.1. The number of hydrogen-bond donors (Lipinski definition) is 2. The van der Waals surface area contributed by atoms with E-state index >= 15 is 0 Å². The van der Waals surface area contributed by atoms with E-state index in [1.54, 1.807) is 17.0 Å². The number of piperidine rings is 1. The number of anilines is 1. The van der Waals surface area contributed by atoms with Crippen molar-refractivity contribution in [2.45, 2.75) is 25.8 Å². The van der Waals surface area contributed by atoms with E-state index in [4.69, 9.17) is 0 Å². The Kier molecular flexibility index (Phi) is 5.53. The van der Waals surface area contributed by atoms with Crippen LogP contribution in [-0.2, 0) is 4.79 Å². The fraction of sp³-hybridized carbons (Fsp3) is 0.556. The second kappa shape index (κ2) is 7.82. The Bertz CT molecular complexity index is 639. The second-order valence-corrected chi connectivity index (χ2v) is 6.78. The number of likely N-dealkylation sites (tertiary alicyclic amines) is 1. The fourth-order valence-electron chi connectivity index (χ4n) is 3.52. The molecule has 0 radical (unpaired) electrons. The summed E-state index contributed by atoms with van der Waals surface area (Å²) in [7, 11) is 0. The van der Waals surface area contributed by atoms with Gasteiger partial charge in [-0.05, 0) is 31.9 Å². The number of carbonyl (C=O) groups is 2. The van der Waals surface area contributed by atoms with Gasteiger partial charge in [0.2, 0.25) is 5.91 Å². The molecule has 2 aliphatic rings. The molecule has 25 heavy (non-hydrogen) atoms. The van der Waals surface area contributed by atoms with Crippen LogP contribution in [0.4, 0.5) is 14.9 Å². The predicted octanol–water partition coefficient (Wildman–Crippen LogP) is 1.89. The van der Waals surface area contributed by atoms with Crippen molar-refractivity contribution < 1.29 is 14.0 Å². The van der Waals surface area contributed by atoms with E-state index in [2.05, 4.69) is 10.6 Å². The van der Waals surface area contributed by atoms with Gasteiger partial charge >= 0.3 is 6.03 Å². The van der Waals surface area contributed by atoms with Crippen molar-refractivity contribution in [1.29, 1.82) is 0 Å².